The van der Waals surface area contributed by atoms with Gasteiger partial charge in [-0.25, -0.2) is 4.98 Å². The predicted molar refractivity (Wildman–Crippen MR) is 138 cm³/mol. The molecule has 1 N–H and O–H groups in total. The average molecular weight is 565 g/mol. The Morgan fingerprint density at radius 3 is 2.65 bits per heavy atom. The number of anilines is 1. The number of nitrogens with zero attached hydrogens (tertiary/aromatic N) is 2. The van der Waals surface area contributed by atoms with Crippen molar-refractivity contribution in [3.8, 4) is 17.6 Å². The van der Waals surface area contributed by atoms with E-state index >= 15 is 0 Å². The number of rotatable bonds is 8. The minimum atomic E-state index is -0.281. The van der Waals surface area contributed by atoms with Crippen molar-refractivity contribution in [2.24, 2.45) is 0 Å². The number of allylic oxidation sites excluding steroid dienone is 1. The number of ether oxygens (including phenoxy) is 2. The molecule has 1 heterocycles. The fourth-order valence-electron chi connectivity index (χ4n) is 3.23. The summed E-state index contributed by atoms with van der Waals surface area (Å²) in [5.41, 5.74) is 2.99. The van der Waals surface area contributed by atoms with E-state index in [2.05, 4.69) is 39.0 Å². The first-order valence-electron chi connectivity index (χ1n) is 10.5. The van der Waals surface area contributed by atoms with Gasteiger partial charge in [0.2, 0.25) is 5.89 Å². The van der Waals surface area contributed by atoms with Crippen molar-refractivity contribution < 1.29 is 18.7 Å². The fourth-order valence-corrected chi connectivity index (χ4v) is 4.01. The van der Waals surface area contributed by atoms with Crippen molar-refractivity contribution in [3.05, 3.63) is 81.8 Å². The maximum Gasteiger partial charge on any atom is 0.262 e. The molecule has 0 fully saturated rings. The normalized spacial score (nSPS) is 11.1. The van der Waals surface area contributed by atoms with Crippen molar-refractivity contribution >= 4 is 56.9 Å². The van der Waals surface area contributed by atoms with E-state index in [4.69, 9.17) is 13.9 Å². The number of para-hydroxylation sites is 3. The molecule has 0 spiro atoms. The molecule has 4 aromatic rings. The highest BCUT2D eigenvalue weighted by Crippen LogP contribution is 2.35. The predicted octanol–water partition coefficient (Wildman–Crippen LogP) is 5.91. The molecular weight excluding hydrogens is 545 g/mol. The minimum absolute atomic E-state index is 0.174. The molecule has 0 aliphatic carbocycles. The lowest BCUT2D eigenvalue weighted by atomic mass is 10.1. The summed E-state index contributed by atoms with van der Waals surface area (Å²) in [6.45, 7) is 2.10. The summed E-state index contributed by atoms with van der Waals surface area (Å²) in [7, 11) is 0. The molecular formula is C26H20IN3O4. The second-order valence-electron chi connectivity index (χ2n) is 7.12. The molecule has 34 heavy (non-hydrogen) atoms. The summed E-state index contributed by atoms with van der Waals surface area (Å²) in [4.78, 5) is 16.7. The molecule has 8 heteroatoms. The Hall–Kier alpha value is -3.84. The van der Waals surface area contributed by atoms with E-state index in [1.54, 1.807) is 30.3 Å². The van der Waals surface area contributed by atoms with Gasteiger partial charge in [0.05, 0.1) is 10.2 Å². The van der Waals surface area contributed by atoms with Crippen LogP contribution in [0, 0.1) is 14.9 Å². The van der Waals surface area contributed by atoms with Gasteiger partial charge in [0.25, 0.3) is 5.91 Å². The summed E-state index contributed by atoms with van der Waals surface area (Å²) in [5.74, 6) is 0.900. The molecule has 4 rings (SSSR count). The molecule has 0 aliphatic heterocycles. The largest absolute Gasteiger partial charge is 0.490 e. The Labute approximate surface area is 210 Å². The number of carbonyl (C=O) groups excluding carboxylic acids is 1. The van der Waals surface area contributed by atoms with Crippen LogP contribution < -0.4 is 14.8 Å². The van der Waals surface area contributed by atoms with E-state index in [-0.39, 0.29) is 24.0 Å². The molecule has 0 bridgehead atoms. The topological polar surface area (TPSA) is 97.4 Å². The summed E-state index contributed by atoms with van der Waals surface area (Å²) in [6, 6.07) is 22.3. The van der Waals surface area contributed by atoms with Gasteiger partial charge in [-0.1, -0.05) is 30.3 Å². The van der Waals surface area contributed by atoms with Gasteiger partial charge in [0, 0.05) is 5.69 Å². The van der Waals surface area contributed by atoms with E-state index in [9.17, 15) is 10.1 Å². The second kappa shape index (κ2) is 10.9. The highest BCUT2D eigenvalue weighted by atomic mass is 127. The second-order valence-corrected chi connectivity index (χ2v) is 8.28. The molecule has 0 aliphatic rings. The number of fused-ring (bicyclic) bond motifs is 1. The number of nitriles is 1. The Kier molecular flexibility index (Phi) is 7.44. The number of nitrogens with one attached hydrogen (secondary N) is 1. The minimum Gasteiger partial charge on any atom is -0.490 e. The third kappa shape index (κ3) is 5.55. The molecule has 1 amide bonds. The number of amides is 1. The Morgan fingerprint density at radius 2 is 1.91 bits per heavy atom. The zero-order valence-corrected chi connectivity index (χ0v) is 20.4. The third-order valence-electron chi connectivity index (χ3n) is 4.69. The van der Waals surface area contributed by atoms with E-state index in [0.717, 1.165) is 3.57 Å². The molecule has 7 nitrogen and oxygen atoms in total. The summed E-state index contributed by atoms with van der Waals surface area (Å²) < 4.78 is 18.0. The lowest BCUT2D eigenvalue weighted by Crippen LogP contribution is -2.20. The number of hydrogen-bond donors (Lipinski definition) is 1. The highest BCUT2D eigenvalue weighted by molar-refractivity contribution is 14.1. The third-order valence-corrected chi connectivity index (χ3v) is 5.49. The number of halogens is 1. The summed E-state index contributed by atoms with van der Waals surface area (Å²) >= 11 is 2.12. The van der Waals surface area contributed by atoms with Crippen molar-refractivity contribution in [1.29, 1.82) is 5.26 Å². The molecule has 3 aromatic carbocycles. The van der Waals surface area contributed by atoms with Gasteiger partial charge >= 0.3 is 0 Å². The molecule has 0 radical (unpaired) electrons. The molecule has 0 saturated heterocycles. The van der Waals surface area contributed by atoms with E-state index in [1.165, 1.54) is 0 Å². The summed E-state index contributed by atoms with van der Waals surface area (Å²) in [5, 5.41) is 12.5. The molecule has 170 valence electrons. The van der Waals surface area contributed by atoms with Gasteiger partial charge in [-0.05, 0) is 77.6 Å². The zero-order valence-electron chi connectivity index (χ0n) is 18.2. The summed E-state index contributed by atoms with van der Waals surface area (Å²) in [6.07, 6.45) is 1.68. The van der Waals surface area contributed by atoms with Crippen LogP contribution >= 0.6 is 22.6 Å². The zero-order chi connectivity index (χ0) is 23.9. The number of oxazole rings is 1. The number of aromatic nitrogens is 1. The Balaban J connectivity index is 1.57. The van der Waals surface area contributed by atoms with Crippen LogP contribution in [0.5, 0.6) is 11.5 Å². The average Bonchev–Trinajstić information content (AvgIpc) is 3.27. The first-order valence-corrected chi connectivity index (χ1v) is 11.6. The Morgan fingerprint density at radius 1 is 1.15 bits per heavy atom. The quantitative estimate of drug-likeness (QED) is 0.211. The lowest BCUT2D eigenvalue weighted by molar-refractivity contribution is -0.118. The van der Waals surface area contributed by atoms with Gasteiger partial charge in [0.1, 0.15) is 17.2 Å². The first kappa shape index (κ1) is 23.3. The molecule has 0 unspecified atom stereocenters. The van der Waals surface area contributed by atoms with Gasteiger partial charge < -0.3 is 19.2 Å². The maximum atomic E-state index is 12.3. The van der Waals surface area contributed by atoms with Crippen LogP contribution in [0.15, 0.2) is 71.1 Å². The van der Waals surface area contributed by atoms with Gasteiger partial charge in [-0.2, -0.15) is 5.26 Å². The standard InChI is InChI=1S/C26H20IN3O4/c1-2-32-23-14-17(12-18(15-28)26-30-21-10-6-7-11-22(21)34-26)13-20(27)25(23)33-16-24(31)29-19-8-4-3-5-9-19/h3-14H,2,16H2,1H3,(H,29,31)/b18-12+. The van der Waals surface area contributed by atoms with E-state index < -0.39 is 0 Å². The van der Waals surface area contributed by atoms with Crippen LogP contribution in [-0.4, -0.2) is 24.1 Å². The maximum absolute atomic E-state index is 12.3. The molecule has 1 aromatic heterocycles. The van der Waals surface area contributed by atoms with E-state index in [0.29, 0.717) is 40.5 Å². The van der Waals surface area contributed by atoms with Crippen LogP contribution in [0.25, 0.3) is 22.7 Å². The van der Waals surface area contributed by atoms with Crippen LogP contribution in [0.4, 0.5) is 5.69 Å². The lowest BCUT2D eigenvalue weighted by Gasteiger charge is -2.15. The fraction of sp³-hybridized carbons (Fsp3) is 0.115. The SMILES string of the molecule is CCOc1cc(/C=C(\C#N)c2nc3ccccc3o2)cc(I)c1OCC(=O)Nc1ccccc1. The highest BCUT2D eigenvalue weighted by Gasteiger charge is 2.16. The van der Waals surface area contributed by atoms with Crippen molar-refractivity contribution in [1.82, 2.24) is 4.98 Å². The Bertz CT molecular complexity index is 1360. The molecule has 0 saturated carbocycles. The van der Waals surface area contributed by atoms with Gasteiger partial charge in [-0.15, -0.1) is 0 Å². The first-order chi connectivity index (χ1) is 16.6. The van der Waals surface area contributed by atoms with Crippen molar-refractivity contribution in [2.75, 3.05) is 18.5 Å². The van der Waals surface area contributed by atoms with Crippen LogP contribution in [-0.2, 0) is 4.79 Å². The number of carbonyl (C=O) groups is 1. The van der Waals surface area contributed by atoms with Crippen LogP contribution in [0.3, 0.4) is 0 Å². The van der Waals surface area contributed by atoms with Crippen LogP contribution in [0.2, 0.25) is 0 Å². The van der Waals surface area contributed by atoms with Crippen LogP contribution in [0.1, 0.15) is 18.4 Å². The van der Waals surface area contributed by atoms with Crippen molar-refractivity contribution in [3.63, 3.8) is 0 Å². The molecule has 0 atom stereocenters. The van der Waals surface area contributed by atoms with Gasteiger partial charge in [0.15, 0.2) is 23.7 Å². The monoisotopic (exact) mass is 565 g/mol. The number of benzene rings is 3. The smallest absolute Gasteiger partial charge is 0.262 e. The van der Waals surface area contributed by atoms with Crippen molar-refractivity contribution in [2.45, 2.75) is 6.92 Å². The number of hydrogen-bond acceptors (Lipinski definition) is 6. The van der Waals surface area contributed by atoms with Gasteiger partial charge in [-0.3, -0.25) is 4.79 Å². The van der Waals surface area contributed by atoms with E-state index in [1.807, 2.05) is 49.4 Å².